The second-order valence-electron chi connectivity index (χ2n) is 10.2. The minimum absolute atomic E-state index is 0.0681. The van der Waals surface area contributed by atoms with Crippen LogP contribution in [0.5, 0.6) is 0 Å². The van der Waals surface area contributed by atoms with Gasteiger partial charge in [0.25, 0.3) is 5.56 Å². The molecule has 0 bridgehead atoms. The highest BCUT2D eigenvalue weighted by molar-refractivity contribution is 6.32. The van der Waals surface area contributed by atoms with Gasteiger partial charge in [-0.05, 0) is 63.7 Å². The molecule has 1 saturated heterocycles. The molecule has 9 nitrogen and oxygen atoms in total. The van der Waals surface area contributed by atoms with Crippen LogP contribution in [-0.4, -0.2) is 62.3 Å². The number of piperidine rings is 1. The second-order valence-corrected chi connectivity index (χ2v) is 10.6. The van der Waals surface area contributed by atoms with E-state index in [0.29, 0.717) is 23.1 Å². The lowest BCUT2D eigenvalue weighted by atomic mass is 10.0. The molecule has 0 atom stereocenters. The van der Waals surface area contributed by atoms with Crippen molar-refractivity contribution in [1.29, 1.82) is 0 Å². The first-order valence-corrected chi connectivity index (χ1v) is 13.3. The van der Waals surface area contributed by atoms with Crippen LogP contribution in [0.4, 0.5) is 26.1 Å². The van der Waals surface area contributed by atoms with Gasteiger partial charge >= 0.3 is 0 Å². The SMILES string of the molecule is Cc1cc(Nc2ncc3c(=O)n(-c4c(F)cccc4Cl)n4ccnc4c3n2)cc(F)c1N1CCC(N(C)C)CC1. The van der Waals surface area contributed by atoms with Gasteiger partial charge in [-0.1, -0.05) is 17.7 Å². The topological polar surface area (TPSA) is 83.6 Å². The van der Waals surface area contributed by atoms with Crippen LogP contribution in [0.3, 0.4) is 0 Å². The molecule has 1 fully saturated rings. The van der Waals surface area contributed by atoms with E-state index < -0.39 is 11.4 Å². The number of para-hydroxylation sites is 1. The molecule has 0 aliphatic carbocycles. The summed E-state index contributed by atoms with van der Waals surface area (Å²) in [7, 11) is 4.15. The molecule has 206 valence electrons. The number of nitrogens with one attached hydrogen (secondary N) is 1. The third-order valence-corrected chi connectivity index (χ3v) is 7.74. The van der Waals surface area contributed by atoms with Crippen LogP contribution in [0, 0.1) is 18.6 Å². The highest BCUT2D eigenvalue weighted by atomic mass is 35.5. The number of rotatable bonds is 5. The van der Waals surface area contributed by atoms with Gasteiger partial charge < -0.3 is 15.1 Å². The van der Waals surface area contributed by atoms with Crippen molar-refractivity contribution in [2.75, 3.05) is 37.4 Å². The van der Waals surface area contributed by atoms with E-state index in [-0.39, 0.29) is 33.4 Å². The van der Waals surface area contributed by atoms with Gasteiger partial charge in [0.1, 0.15) is 22.8 Å². The van der Waals surface area contributed by atoms with Crippen molar-refractivity contribution in [1.82, 2.24) is 29.0 Å². The van der Waals surface area contributed by atoms with Crippen LogP contribution < -0.4 is 15.8 Å². The summed E-state index contributed by atoms with van der Waals surface area (Å²) in [6.07, 6.45) is 6.30. The lowest BCUT2D eigenvalue weighted by Gasteiger charge is -2.37. The number of halogens is 3. The van der Waals surface area contributed by atoms with Crippen molar-refractivity contribution in [3.8, 4) is 5.69 Å². The Balaban J connectivity index is 1.35. The Labute approximate surface area is 233 Å². The molecule has 4 heterocycles. The molecule has 6 rings (SSSR count). The van der Waals surface area contributed by atoms with Gasteiger partial charge in [-0.2, -0.15) is 0 Å². The summed E-state index contributed by atoms with van der Waals surface area (Å²) in [6, 6.07) is 7.97. The Kier molecular flexibility index (Phi) is 6.63. The maximum Gasteiger partial charge on any atom is 0.281 e. The number of imidazole rings is 1. The number of aryl methyl sites for hydroxylation is 1. The fourth-order valence-corrected chi connectivity index (χ4v) is 5.70. The predicted octanol–water partition coefficient (Wildman–Crippen LogP) is 4.94. The van der Waals surface area contributed by atoms with Crippen LogP contribution in [0.2, 0.25) is 5.02 Å². The fraction of sp³-hybridized carbons (Fsp3) is 0.286. The number of hydrogen-bond donors (Lipinski definition) is 1. The first kappa shape index (κ1) is 26.1. The zero-order valence-corrected chi connectivity index (χ0v) is 23.0. The predicted molar refractivity (Wildman–Crippen MR) is 152 cm³/mol. The van der Waals surface area contributed by atoms with Gasteiger partial charge in [0.2, 0.25) is 5.95 Å². The number of hydrogen-bond acceptors (Lipinski definition) is 7. The van der Waals surface area contributed by atoms with Gasteiger partial charge in [0.15, 0.2) is 5.65 Å². The van der Waals surface area contributed by atoms with E-state index in [1.807, 2.05) is 13.0 Å². The monoisotopic (exact) mass is 564 g/mol. The summed E-state index contributed by atoms with van der Waals surface area (Å²) < 4.78 is 32.6. The molecule has 1 N–H and O–H groups in total. The first-order chi connectivity index (χ1) is 19.2. The minimum Gasteiger partial charge on any atom is -0.369 e. The maximum atomic E-state index is 15.4. The highest BCUT2D eigenvalue weighted by Crippen LogP contribution is 2.32. The van der Waals surface area contributed by atoms with Crippen LogP contribution in [0.25, 0.3) is 22.2 Å². The van der Waals surface area contributed by atoms with Gasteiger partial charge in [0, 0.05) is 43.4 Å². The van der Waals surface area contributed by atoms with Gasteiger partial charge in [-0.15, -0.1) is 0 Å². The van der Waals surface area contributed by atoms with Crippen LogP contribution in [0.1, 0.15) is 18.4 Å². The van der Waals surface area contributed by atoms with Crippen molar-refractivity contribution >= 4 is 45.5 Å². The third kappa shape index (κ3) is 4.44. The Morgan fingerprint density at radius 2 is 1.85 bits per heavy atom. The van der Waals surface area contributed by atoms with E-state index in [1.54, 1.807) is 0 Å². The molecular weight excluding hydrogens is 538 g/mol. The van der Waals surface area contributed by atoms with Crippen molar-refractivity contribution in [2.24, 2.45) is 0 Å². The van der Waals surface area contributed by atoms with E-state index in [1.165, 1.54) is 47.4 Å². The maximum absolute atomic E-state index is 15.4. The lowest BCUT2D eigenvalue weighted by molar-refractivity contribution is 0.249. The Hall–Kier alpha value is -4.09. The van der Waals surface area contributed by atoms with E-state index in [0.717, 1.165) is 36.2 Å². The highest BCUT2D eigenvalue weighted by Gasteiger charge is 2.24. The summed E-state index contributed by atoms with van der Waals surface area (Å²) in [5.74, 6) is -0.824. The number of aromatic nitrogens is 5. The smallest absolute Gasteiger partial charge is 0.281 e. The molecule has 0 radical (unpaired) electrons. The first-order valence-electron chi connectivity index (χ1n) is 12.9. The summed E-state index contributed by atoms with van der Waals surface area (Å²) >= 11 is 6.26. The fourth-order valence-electron chi connectivity index (χ4n) is 5.45. The van der Waals surface area contributed by atoms with E-state index in [2.05, 4.69) is 44.2 Å². The molecule has 3 aromatic heterocycles. The van der Waals surface area contributed by atoms with Crippen LogP contribution in [-0.2, 0) is 0 Å². The van der Waals surface area contributed by atoms with Crippen molar-refractivity contribution in [2.45, 2.75) is 25.8 Å². The number of anilines is 3. The average molecular weight is 565 g/mol. The Bertz CT molecular complexity index is 1770. The van der Waals surface area contributed by atoms with E-state index in [9.17, 15) is 9.18 Å². The molecule has 5 aromatic rings. The minimum atomic E-state index is -0.661. The number of benzene rings is 2. The molecule has 1 aliphatic heterocycles. The molecule has 0 amide bonds. The standard InChI is InChI=1S/C28H27ClF2N8O/c1-16-13-17(14-22(31)24(16)37-10-7-18(8-11-37)36(2)3)34-28-33-15-19-23(35-28)26-32-9-12-38(26)39(27(19)40)25-20(29)5-4-6-21(25)30/h4-6,9,12-15,18H,7-8,10-11H2,1-3H3,(H,33,34,35). The molecular formula is C28H27ClF2N8O. The van der Waals surface area contributed by atoms with Crippen molar-refractivity contribution < 1.29 is 8.78 Å². The van der Waals surface area contributed by atoms with Crippen LogP contribution >= 0.6 is 11.6 Å². The molecule has 40 heavy (non-hydrogen) atoms. The quantitative estimate of drug-likeness (QED) is 0.324. The van der Waals surface area contributed by atoms with Crippen molar-refractivity contribution in [3.63, 3.8) is 0 Å². The largest absolute Gasteiger partial charge is 0.369 e. The Morgan fingerprint density at radius 1 is 1.07 bits per heavy atom. The molecule has 0 unspecified atom stereocenters. The zero-order chi connectivity index (χ0) is 28.1. The molecule has 2 aromatic carbocycles. The summed E-state index contributed by atoms with van der Waals surface area (Å²) in [4.78, 5) is 31.0. The third-order valence-electron chi connectivity index (χ3n) is 7.43. The molecule has 0 saturated carbocycles. The molecule has 12 heteroatoms. The normalized spacial score (nSPS) is 14.5. The molecule has 1 aliphatic rings. The van der Waals surface area contributed by atoms with E-state index in [4.69, 9.17) is 11.6 Å². The summed E-state index contributed by atoms with van der Waals surface area (Å²) in [5.41, 5.74) is 1.78. The Morgan fingerprint density at radius 3 is 2.55 bits per heavy atom. The van der Waals surface area contributed by atoms with Crippen LogP contribution in [0.15, 0.2) is 53.7 Å². The zero-order valence-electron chi connectivity index (χ0n) is 22.2. The summed E-state index contributed by atoms with van der Waals surface area (Å²) in [5, 5.41) is 3.25. The summed E-state index contributed by atoms with van der Waals surface area (Å²) in [6.45, 7) is 3.46. The van der Waals surface area contributed by atoms with Crippen molar-refractivity contribution in [3.05, 3.63) is 81.5 Å². The van der Waals surface area contributed by atoms with Gasteiger partial charge in [0.05, 0.1) is 16.1 Å². The number of fused-ring (bicyclic) bond motifs is 3. The second kappa shape index (κ2) is 10.1. The average Bonchev–Trinajstić information content (AvgIpc) is 3.40. The van der Waals surface area contributed by atoms with Gasteiger partial charge in [-0.3, -0.25) is 4.79 Å². The lowest BCUT2D eigenvalue weighted by Crippen LogP contribution is -2.42. The van der Waals surface area contributed by atoms with Gasteiger partial charge in [-0.25, -0.2) is 32.9 Å². The number of nitrogens with zero attached hydrogens (tertiary/aromatic N) is 7. The molecule has 0 spiro atoms. The van der Waals surface area contributed by atoms with E-state index >= 15 is 4.39 Å².